The third-order valence-electron chi connectivity index (χ3n) is 3.26. The van der Waals surface area contributed by atoms with Gasteiger partial charge in [-0.2, -0.15) is 0 Å². The molecule has 0 radical (unpaired) electrons. The SMILES string of the molecule is CC(CNC(=O)c1nc(NN)ccc1Cl)C(C)(C)C. The summed E-state index contributed by atoms with van der Waals surface area (Å²) in [5.74, 6) is 5.71. The molecule has 0 bridgehead atoms. The zero-order valence-electron chi connectivity index (χ0n) is 11.7. The molecule has 1 amide bonds. The molecule has 4 N–H and O–H groups in total. The van der Waals surface area contributed by atoms with Gasteiger partial charge >= 0.3 is 0 Å². The summed E-state index contributed by atoms with van der Waals surface area (Å²) in [5, 5.41) is 3.15. The molecule has 0 fully saturated rings. The Morgan fingerprint density at radius 3 is 2.63 bits per heavy atom. The summed E-state index contributed by atoms with van der Waals surface area (Å²) in [6.45, 7) is 9.06. The Morgan fingerprint density at radius 2 is 2.11 bits per heavy atom. The Balaban J connectivity index is 2.74. The lowest BCUT2D eigenvalue weighted by molar-refractivity contribution is 0.0932. The highest BCUT2D eigenvalue weighted by atomic mass is 35.5. The Labute approximate surface area is 118 Å². The number of aromatic nitrogens is 1. The Kier molecular flexibility index (Phi) is 5.14. The number of nitrogens with one attached hydrogen (secondary N) is 2. The number of hydrogen-bond donors (Lipinski definition) is 3. The van der Waals surface area contributed by atoms with E-state index in [4.69, 9.17) is 17.4 Å². The van der Waals surface area contributed by atoms with E-state index in [-0.39, 0.29) is 17.0 Å². The monoisotopic (exact) mass is 284 g/mol. The van der Waals surface area contributed by atoms with Crippen molar-refractivity contribution in [2.24, 2.45) is 17.2 Å². The minimum Gasteiger partial charge on any atom is -0.350 e. The van der Waals surface area contributed by atoms with Crippen LogP contribution in [0.4, 0.5) is 5.82 Å². The molecular weight excluding hydrogens is 264 g/mol. The van der Waals surface area contributed by atoms with Crippen molar-refractivity contribution in [3.05, 3.63) is 22.8 Å². The quantitative estimate of drug-likeness (QED) is 0.586. The Hall–Kier alpha value is -1.33. The molecular formula is C13H21ClN4O. The summed E-state index contributed by atoms with van der Waals surface area (Å²) in [4.78, 5) is 16.1. The van der Waals surface area contributed by atoms with Gasteiger partial charge in [-0.3, -0.25) is 4.79 Å². The van der Waals surface area contributed by atoms with E-state index >= 15 is 0 Å². The first kappa shape index (κ1) is 15.7. The van der Waals surface area contributed by atoms with Crippen molar-refractivity contribution >= 4 is 23.3 Å². The summed E-state index contributed by atoms with van der Waals surface area (Å²) in [5.41, 5.74) is 2.70. The van der Waals surface area contributed by atoms with Crippen molar-refractivity contribution in [2.75, 3.05) is 12.0 Å². The number of anilines is 1. The third kappa shape index (κ3) is 4.36. The number of rotatable bonds is 4. The van der Waals surface area contributed by atoms with Crippen LogP contribution >= 0.6 is 11.6 Å². The number of carbonyl (C=O) groups excluding carboxylic acids is 1. The van der Waals surface area contributed by atoms with Crippen molar-refractivity contribution in [1.82, 2.24) is 10.3 Å². The minimum absolute atomic E-state index is 0.130. The van der Waals surface area contributed by atoms with E-state index in [1.54, 1.807) is 12.1 Å². The van der Waals surface area contributed by atoms with Gasteiger partial charge in [-0.25, -0.2) is 10.8 Å². The fourth-order valence-corrected chi connectivity index (χ4v) is 1.51. The number of amides is 1. The van der Waals surface area contributed by atoms with Gasteiger partial charge < -0.3 is 10.7 Å². The van der Waals surface area contributed by atoms with Crippen LogP contribution in [0.1, 0.15) is 38.2 Å². The number of nitrogens with zero attached hydrogens (tertiary/aromatic N) is 1. The second-order valence-electron chi connectivity index (χ2n) is 5.65. The van der Waals surface area contributed by atoms with Crippen LogP contribution in [0, 0.1) is 11.3 Å². The summed E-state index contributed by atoms with van der Waals surface area (Å²) in [6.07, 6.45) is 0. The van der Waals surface area contributed by atoms with Gasteiger partial charge in [0.15, 0.2) is 0 Å². The average Bonchev–Trinajstić information content (AvgIpc) is 2.34. The lowest BCUT2D eigenvalue weighted by Gasteiger charge is -2.27. The van der Waals surface area contributed by atoms with Crippen molar-refractivity contribution in [2.45, 2.75) is 27.7 Å². The van der Waals surface area contributed by atoms with Crippen molar-refractivity contribution < 1.29 is 4.79 Å². The number of halogens is 1. The van der Waals surface area contributed by atoms with Crippen LogP contribution in [0.15, 0.2) is 12.1 Å². The largest absolute Gasteiger partial charge is 0.350 e. The maximum Gasteiger partial charge on any atom is 0.271 e. The fourth-order valence-electron chi connectivity index (χ4n) is 1.32. The third-order valence-corrected chi connectivity index (χ3v) is 3.56. The Morgan fingerprint density at radius 1 is 1.47 bits per heavy atom. The molecule has 1 rings (SSSR count). The van der Waals surface area contributed by atoms with Gasteiger partial charge in [-0.1, -0.05) is 39.3 Å². The molecule has 1 unspecified atom stereocenters. The first-order valence-electron chi connectivity index (χ1n) is 6.17. The van der Waals surface area contributed by atoms with Crippen LogP contribution in [-0.2, 0) is 0 Å². The molecule has 1 heterocycles. The van der Waals surface area contributed by atoms with Gasteiger partial charge in [0.2, 0.25) is 0 Å². The smallest absolute Gasteiger partial charge is 0.271 e. The fraction of sp³-hybridized carbons (Fsp3) is 0.538. The van der Waals surface area contributed by atoms with E-state index in [2.05, 4.69) is 43.4 Å². The van der Waals surface area contributed by atoms with Crippen molar-refractivity contribution in [1.29, 1.82) is 0 Å². The second kappa shape index (κ2) is 6.21. The highest BCUT2D eigenvalue weighted by Crippen LogP contribution is 2.24. The summed E-state index contributed by atoms with van der Waals surface area (Å²) in [7, 11) is 0. The van der Waals surface area contributed by atoms with Crippen molar-refractivity contribution in [3.8, 4) is 0 Å². The highest BCUT2D eigenvalue weighted by molar-refractivity contribution is 6.33. The number of nitrogen functional groups attached to an aromatic ring is 1. The predicted octanol–water partition coefficient (Wildman–Crippen LogP) is 2.43. The van der Waals surface area contributed by atoms with E-state index in [1.807, 2.05) is 0 Å². The van der Waals surface area contributed by atoms with Gasteiger partial charge in [-0.05, 0) is 23.5 Å². The van der Waals surface area contributed by atoms with Gasteiger partial charge in [0.05, 0.1) is 5.02 Å². The molecule has 1 aromatic heterocycles. The van der Waals surface area contributed by atoms with Gasteiger partial charge in [0.25, 0.3) is 5.91 Å². The van der Waals surface area contributed by atoms with Crippen LogP contribution < -0.4 is 16.6 Å². The highest BCUT2D eigenvalue weighted by Gasteiger charge is 2.21. The maximum absolute atomic E-state index is 12.0. The molecule has 0 aromatic carbocycles. The topological polar surface area (TPSA) is 80.0 Å². The molecule has 0 spiro atoms. The molecule has 106 valence electrons. The van der Waals surface area contributed by atoms with Gasteiger partial charge in [0, 0.05) is 6.54 Å². The molecule has 1 atom stereocenters. The first-order chi connectivity index (χ1) is 8.75. The number of pyridine rings is 1. The Bertz CT molecular complexity index is 456. The summed E-state index contributed by atoms with van der Waals surface area (Å²) < 4.78 is 0. The van der Waals surface area contributed by atoms with E-state index in [9.17, 15) is 4.79 Å². The minimum atomic E-state index is -0.293. The van der Waals surface area contributed by atoms with Crippen LogP contribution in [0.5, 0.6) is 0 Å². The number of carbonyl (C=O) groups is 1. The zero-order valence-corrected chi connectivity index (χ0v) is 12.5. The molecule has 19 heavy (non-hydrogen) atoms. The van der Waals surface area contributed by atoms with E-state index in [0.717, 1.165) is 0 Å². The lowest BCUT2D eigenvalue weighted by atomic mass is 9.82. The molecule has 1 aromatic rings. The van der Waals surface area contributed by atoms with E-state index in [1.165, 1.54) is 0 Å². The lowest BCUT2D eigenvalue weighted by Crippen LogP contribution is -2.34. The molecule has 6 heteroatoms. The molecule has 0 aliphatic heterocycles. The van der Waals surface area contributed by atoms with Gasteiger partial charge in [-0.15, -0.1) is 0 Å². The normalized spacial score (nSPS) is 12.9. The van der Waals surface area contributed by atoms with Crippen LogP contribution in [0.2, 0.25) is 5.02 Å². The van der Waals surface area contributed by atoms with E-state index in [0.29, 0.717) is 23.3 Å². The number of nitrogens with two attached hydrogens (primary N) is 1. The number of hydrogen-bond acceptors (Lipinski definition) is 4. The summed E-state index contributed by atoms with van der Waals surface area (Å²) in [6, 6.07) is 3.20. The van der Waals surface area contributed by atoms with Crippen molar-refractivity contribution in [3.63, 3.8) is 0 Å². The second-order valence-corrected chi connectivity index (χ2v) is 6.06. The molecule has 5 nitrogen and oxygen atoms in total. The molecule has 0 saturated carbocycles. The van der Waals surface area contributed by atoms with Crippen LogP contribution in [-0.4, -0.2) is 17.4 Å². The predicted molar refractivity (Wildman–Crippen MR) is 78.0 cm³/mol. The zero-order chi connectivity index (χ0) is 14.6. The average molecular weight is 285 g/mol. The van der Waals surface area contributed by atoms with Crippen LogP contribution in [0.3, 0.4) is 0 Å². The number of hydrazine groups is 1. The molecule has 0 saturated heterocycles. The maximum atomic E-state index is 12.0. The van der Waals surface area contributed by atoms with Gasteiger partial charge in [0.1, 0.15) is 11.5 Å². The standard InChI is InChI=1S/C13H21ClN4O/c1-8(13(2,3)4)7-16-12(19)11-9(14)5-6-10(17-11)18-15/h5-6,8H,7,15H2,1-4H3,(H,16,19)(H,17,18). The molecule has 0 aliphatic carbocycles. The summed E-state index contributed by atoms with van der Waals surface area (Å²) >= 11 is 5.96. The van der Waals surface area contributed by atoms with E-state index < -0.39 is 0 Å². The first-order valence-corrected chi connectivity index (χ1v) is 6.55. The van der Waals surface area contributed by atoms with Crippen LogP contribution in [0.25, 0.3) is 0 Å². The molecule has 0 aliphatic rings.